The van der Waals surface area contributed by atoms with E-state index in [9.17, 15) is 0 Å². The lowest BCUT2D eigenvalue weighted by Crippen LogP contribution is -2.10. The minimum Gasteiger partial charge on any atom is -0.491 e. The van der Waals surface area contributed by atoms with Gasteiger partial charge in [0.25, 0.3) is 0 Å². The first kappa shape index (κ1) is 7.62. The normalized spacial score (nSPS) is 20.3. The topological polar surface area (TPSA) is 35.2 Å². The number of fused-ring (bicyclic) bond motifs is 1. The highest BCUT2D eigenvalue weighted by Gasteiger charge is 2.21. The summed E-state index contributed by atoms with van der Waals surface area (Å²) in [4.78, 5) is 0. The molecule has 0 spiro atoms. The Balaban J connectivity index is 2.50. The van der Waals surface area contributed by atoms with Crippen molar-refractivity contribution in [3.63, 3.8) is 0 Å². The molecule has 12 heavy (non-hydrogen) atoms. The molecule has 0 aromatic heterocycles. The number of para-hydroxylation sites is 1. The summed E-state index contributed by atoms with van der Waals surface area (Å²) in [5, 5.41) is 0. The molecule has 0 fully saturated rings. The Hall–Kier alpha value is -1.02. The number of rotatable bonds is 1. The highest BCUT2D eigenvalue weighted by Crippen LogP contribution is 2.34. The Labute approximate surface area is 72.3 Å². The highest BCUT2D eigenvalue weighted by atomic mass is 16.5. The van der Waals surface area contributed by atoms with Crippen LogP contribution in [-0.4, -0.2) is 6.61 Å². The third-order valence-electron chi connectivity index (χ3n) is 2.31. The standard InChI is InChI=1S/C10H13NO/c1-2-7-4-3-5-8-9(11)6-12-10(7)8/h3-5,9H,2,6,11H2,1H3/t9-/m0/s1. The van der Waals surface area contributed by atoms with Gasteiger partial charge in [-0.3, -0.25) is 0 Å². The monoisotopic (exact) mass is 163 g/mol. The average Bonchev–Trinajstić information content (AvgIpc) is 2.48. The van der Waals surface area contributed by atoms with Crippen LogP contribution in [0.25, 0.3) is 0 Å². The molecule has 0 bridgehead atoms. The Morgan fingerprint density at radius 2 is 2.42 bits per heavy atom. The van der Waals surface area contributed by atoms with Crippen molar-refractivity contribution in [1.82, 2.24) is 0 Å². The van der Waals surface area contributed by atoms with Crippen molar-refractivity contribution in [2.24, 2.45) is 5.73 Å². The summed E-state index contributed by atoms with van der Waals surface area (Å²) in [7, 11) is 0. The fraction of sp³-hybridized carbons (Fsp3) is 0.400. The minimum absolute atomic E-state index is 0.0755. The molecule has 2 nitrogen and oxygen atoms in total. The second kappa shape index (κ2) is 2.79. The first-order valence-electron chi connectivity index (χ1n) is 4.33. The highest BCUT2D eigenvalue weighted by molar-refractivity contribution is 5.45. The average molecular weight is 163 g/mol. The molecule has 1 aromatic carbocycles. The number of hydrogen-bond acceptors (Lipinski definition) is 2. The van der Waals surface area contributed by atoms with Gasteiger partial charge in [-0.15, -0.1) is 0 Å². The van der Waals surface area contributed by atoms with E-state index in [1.165, 1.54) is 5.56 Å². The lowest BCUT2D eigenvalue weighted by atomic mass is 10.0. The van der Waals surface area contributed by atoms with Crippen LogP contribution in [-0.2, 0) is 6.42 Å². The molecule has 1 atom stereocenters. The molecule has 0 saturated heterocycles. The zero-order chi connectivity index (χ0) is 8.55. The summed E-state index contributed by atoms with van der Waals surface area (Å²) in [5.74, 6) is 1.02. The minimum atomic E-state index is 0.0755. The van der Waals surface area contributed by atoms with Crippen LogP contribution < -0.4 is 10.5 Å². The zero-order valence-electron chi connectivity index (χ0n) is 7.21. The predicted molar refractivity (Wildman–Crippen MR) is 48.2 cm³/mol. The molecular formula is C10H13NO. The van der Waals surface area contributed by atoms with Gasteiger partial charge in [-0.1, -0.05) is 25.1 Å². The van der Waals surface area contributed by atoms with Crippen LogP contribution in [0, 0.1) is 0 Å². The van der Waals surface area contributed by atoms with Crippen molar-refractivity contribution in [2.45, 2.75) is 19.4 Å². The van der Waals surface area contributed by atoms with Gasteiger partial charge in [0.15, 0.2) is 0 Å². The van der Waals surface area contributed by atoms with Gasteiger partial charge in [0, 0.05) is 5.56 Å². The van der Waals surface area contributed by atoms with Gasteiger partial charge < -0.3 is 10.5 Å². The second-order valence-corrected chi connectivity index (χ2v) is 3.11. The van der Waals surface area contributed by atoms with E-state index in [0.29, 0.717) is 6.61 Å². The number of aryl methyl sites for hydroxylation is 1. The Kier molecular flexibility index (Phi) is 1.77. The molecule has 1 aromatic rings. The van der Waals surface area contributed by atoms with Crippen LogP contribution in [0.1, 0.15) is 24.1 Å². The van der Waals surface area contributed by atoms with E-state index >= 15 is 0 Å². The molecule has 0 amide bonds. The summed E-state index contributed by atoms with van der Waals surface area (Å²) in [6.45, 7) is 2.76. The van der Waals surface area contributed by atoms with Crippen LogP contribution in [0.4, 0.5) is 0 Å². The first-order chi connectivity index (χ1) is 5.83. The Bertz CT molecular complexity index is 296. The molecule has 0 unspecified atom stereocenters. The molecule has 2 rings (SSSR count). The Morgan fingerprint density at radius 3 is 3.17 bits per heavy atom. The molecule has 2 N–H and O–H groups in total. The summed E-state index contributed by atoms with van der Waals surface area (Å²) >= 11 is 0. The predicted octanol–water partition coefficient (Wildman–Crippen LogP) is 1.64. The number of hydrogen-bond donors (Lipinski definition) is 1. The largest absolute Gasteiger partial charge is 0.491 e. The molecule has 0 saturated carbocycles. The maximum atomic E-state index is 5.84. The van der Waals surface area contributed by atoms with Gasteiger partial charge in [-0.2, -0.15) is 0 Å². The van der Waals surface area contributed by atoms with Gasteiger partial charge in [0.1, 0.15) is 12.4 Å². The Morgan fingerprint density at radius 1 is 1.58 bits per heavy atom. The number of ether oxygens (including phenoxy) is 1. The molecule has 0 radical (unpaired) electrons. The molecule has 1 heterocycles. The summed E-state index contributed by atoms with van der Waals surface area (Å²) in [5.41, 5.74) is 8.27. The molecular weight excluding hydrogens is 150 g/mol. The molecule has 64 valence electrons. The van der Waals surface area contributed by atoms with E-state index in [0.717, 1.165) is 17.7 Å². The second-order valence-electron chi connectivity index (χ2n) is 3.11. The first-order valence-corrected chi connectivity index (χ1v) is 4.33. The fourth-order valence-corrected chi connectivity index (χ4v) is 1.61. The van der Waals surface area contributed by atoms with E-state index in [1.807, 2.05) is 12.1 Å². The quantitative estimate of drug-likeness (QED) is 0.683. The lowest BCUT2D eigenvalue weighted by molar-refractivity contribution is 0.331. The van der Waals surface area contributed by atoms with Crippen molar-refractivity contribution in [3.05, 3.63) is 29.3 Å². The summed E-state index contributed by atoms with van der Waals surface area (Å²) < 4.78 is 5.51. The van der Waals surface area contributed by atoms with Crippen molar-refractivity contribution < 1.29 is 4.74 Å². The molecule has 0 aliphatic carbocycles. The summed E-state index contributed by atoms with van der Waals surface area (Å²) in [6.07, 6.45) is 1.01. The van der Waals surface area contributed by atoms with Gasteiger partial charge >= 0.3 is 0 Å². The van der Waals surface area contributed by atoms with E-state index < -0.39 is 0 Å². The molecule has 1 aliphatic rings. The van der Waals surface area contributed by atoms with Crippen LogP contribution in [0.5, 0.6) is 5.75 Å². The van der Waals surface area contributed by atoms with E-state index in [-0.39, 0.29) is 6.04 Å². The van der Waals surface area contributed by atoms with Crippen molar-refractivity contribution in [3.8, 4) is 5.75 Å². The fourth-order valence-electron chi connectivity index (χ4n) is 1.61. The van der Waals surface area contributed by atoms with Crippen molar-refractivity contribution in [2.75, 3.05) is 6.61 Å². The number of nitrogens with two attached hydrogens (primary N) is 1. The summed E-state index contributed by atoms with van der Waals surface area (Å²) in [6, 6.07) is 6.27. The lowest BCUT2D eigenvalue weighted by Gasteiger charge is -2.04. The van der Waals surface area contributed by atoms with Gasteiger partial charge in [-0.05, 0) is 12.0 Å². The van der Waals surface area contributed by atoms with Crippen LogP contribution in [0.2, 0.25) is 0 Å². The maximum Gasteiger partial charge on any atom is 0.127 e. The van der Waals surface area contributed by atoms with Gasteiger partial charge in [0.05, 0.1) is 6.04 Å². The number of benzene rings is 1. The van der Waals surface area contributed by atoms with Crippen LogP contribution in [0.15, 0.2) is 18.2 Å². The molecule has 2 heteroatoms. The third-order valence-corrected chi connectivity index (χ3v) is 2.31. The van der Waals surface area contributed by atoms with E-state index in [4.69, 9.17) is 10.5 Å². The smallest absolute Gasteiger partial charge is 0.127 e. The van der Waals surface area contributed by atoms with Gasteiger partial charge in [0.2, 0.25) is 0 Å². The van der Waals surface area contributed by atoms with Crippen molar-refractivity contribution in [1.29, 1.82) is 0 Å². The van der Waals surface area contributed by atoms with Crippen LogP contribution in [0.3, 0.4) is 0 Å². The zero-order valence-corrected chi connectivity index (χ0v) is 7.21. The van der Waals surface area contributed by atoms with Crippen molar-refractivity contribution >= 4 is 0 Å². The maximum absolute atomic E-state index is 5.84. The SMILES string of the molecule is CCc1cccc2c1OC[C@@H]2N. The third kappa shape index (κ3) is 0.994. The van der Waals surface area contributed by atoms with Crippen LogP contribution >= 0.6 is 0 Å². The van der Waals surface area contributed by atoms with Gasteiger partial charge in [-0.25, -0.2) is 0 Å². The molecule has 1 aliphatic heterocycles. The van der Waals surface area contributed by atoms with E-state index in [2.05, 4.69) is 13.0 Å². The van der Waals surface area contributed by atoms with E-state index in [1.54, 1.807) is 0 Å².